The van der Waals surface area contributed by atoms with Crippen molar-refractivity contribution in [3.8, 4) is 11.1 Å². The molecule has 3 rings (SSSR count). The molecule has 3 aromatic rings. The molecule has 2 N–H and O–H groups in total. The molecular weight excluding hydrogens is 334 g/mol. The minimum atomic E-state index is -0.257. The van der Waals surface area contributed by atoms with E-state index in [1.165, 1.54) is 0 Å². The van der Waals surface area contributed by atoms with Crippen LogP contribution in [0.1, 0.15) is 11.3 Å². The van der Waals surface area contributed by atoms with Crippen LogP contribution in [0.2, 0.25) is 5.02 Å². The molecular formula is C20H18ClN3O. The lowest BCUT2D eigenvalue weighted by Crippen LogP contribution is -2.28. The van der Waals surface area contributed by atoms with Gasteiger partial charge in [-0.2, -0.15) is 0 Å². The van der Waals surface area contributed by atoms with Crippen molar-refractivity contribution in [1.82, 2.24) is 10.3 Å². The van der Waals surface area contributed by atoms with Crippen molar-refractivity contribution < 1.29 is 4.79 Å². The smallest absolute Gasteiger partial charge is 0.319 e. The van der Waals surface area contributed by atoms with Gasteiger partial charge in [0, 0.05) is 29.1 Å². The molecule has 0 aliphatic rings. The van der Waals surface area contributed by atoms with Gasteiger partial charge in [-0.3, -0.25) is 4.98 Å². The Morgan fingerprint density at radius 1 is 1.04 bits per heavy atom. The van der Waals surface area contributed by atoms with Gasteiger partial charge in [-0.1, -0.05) is 35.9 Å². The number of amides is 2. The molecule has 0 saturated carbocycles. The van der Waals surface area contributed by atoms with Gasteiger partial charge in [0.2, 0.25) is 0 Å². The summed E-state index contributed by atoms with van der Waals surface area (Å²) < 4.78 is 0. The average Bonchev–Trinajstić information content (AvgIpc) is 2.61. The van der Waals surface area contributed by atoms with Crippen LogP contribution < -0.4 is 10.6 Å². The Balaban J connectivity index is 1.58. The molecule has 126 valence electrons. The fourth-order valence-electron chi connectivity index (χ4n) is 2.48. The highest BCUT2D eigenvalue weighted by molar-refractivity contribution is 6.30. The van der Waals surface area contributed by atoms with E-state index >= 15 is 0 Å². The molecule has 2 aromatic carbocycles. The van der Waals surface area contributed by atoms with E-state index in [0.717, 1.165) is 28.1 Å². The number of carbonyl (C=O) groups excluding carboxylic acids is 1. The molecule has 0 bridgehead atoms. The summed E-state index contributed by atoms with van der Waals surface area (Å²) in [6.45, 7) is 2.38. The van der Waals surface area contributed by atoms with Crippen LogP contribution in [0.15, 0.2) is 66.9 Å². The zero-order chi connectivity index (χ0) is 17.6. The average molecular weight is 352 g/mol. The molecule has 0 fully saturated rings. The quantitative estimate of drug-likeness (QED) is 0.692. The number of benzene rings is 2. The van der Waals surface area contributed by atoms with E-state index in [1.807, 2.05) is 61.5 Å². The number of anilines is 1. The molecule has 0 atom stereocenters. The zero-order valence-corrected chi connectivity index (χ0v) is 14.5. The summed E-state index contributed by atoms with van der Waals surface area (Å²) in [6, 6.07) is 18.8. The maximum Gasteiger partial charge on any atom is 0.319 e. The van der Waals surface area contributed by atoms with Crippen LogP contribution in [0, 0.1) is 6.92 Å². The van der Waals surface area contributed by atoms with Crippen molar-refractivity contribution in [3.05, 3.63) is 83.1 Å². The molecule has 0 aliphatic carbocycles. The molecule has 0 saturated heterocycles. The normalized spacial score (nSPS) is 10.3. The number of urea groups is 1. The van der Waals surface area contributed by atoms with Crippen LogP contribution in [-0.4, -0.2) is 11.0 Å². The maximum atomic E-state index is 12.0. The third kappa shape index (κ3) is 4.81. The van der Waals surface area contributed by atoms with E-state index < -0.39 is 0 Å². The maximum absolute atomic E-state index is 12.0. The predicted octanol–water partition coefficient (Wildman–Crippen LogP) is 5.03. The summed E-state index contributed by atoms with van der Waals surface area (Å²) in [5.74, 6) is 0. The molecule has 0 radical (unpaired) electrons. The van der Waals surface area contributed by atoms with Gasteiger partial charge in [0.25, 0.3) is 0 Å². The summed E-state index contributed by atoms with van der Waals surface area (Å²) in [4.78, 5) is 16.2. The minimum Gasteiger partial charge on any atom is -0.334 e. The van der Waals surface area contributed by atoms with Crippen molar-refractivity contribution in [2.75, 3.05) is 5.32 Å². The fraction of sp³-hybridized carbons (Fsp3) is 0.100. The summed E-state index contributed by atoms with van der Waals surface area (Å²) >= 11 is 5.93. The van der Waals surface area contributed by atoms with Gasteiger partial charge in [-0.15, -0.1) is 0 Å². The highest BCUT2D eigenvalue weighted by Gasteiger charge is 2.03. The number of hydrogen-bond donors (Lipinski definition) is 2. The van der Waals surface area contributed by atoms with Gasteiger partial charge in [0.1, 0.15) is 0 Å². The number of aryl methyl sites for hydroxylation is 1. The fourth-order valence-corrected chi connectivity index (χ4v) is 2.69. The second kappa shape index (κ2) is 7.81. The number of hydrogen-bond acceptors (Lipinski definition) is 2. The van der Waals surface area contributed by atoms with Crippen LogP contribution in [0.3, 0.4) is 0 Å². The van der Waals surface area contributed by atoms with E-state index in [9.17, 15) is 4.79 Å². The molecule has 25 heavy (non-hydrogen) atoms. The lowest BCUT2D eigenvalue weighted by molar-refractivity contribution is 0.251. The third-order valence-corrected chi connectivity index (χ3v) is 3.95. The van der Waals surface area contributed by atoms with E-state index in [4.69, 9.17) is 11.6 Å². The van der Waals surface area contributed by atoms with Crippen LogP contribution in [-0.2, 0) is 6.54 Å². The molecule has 1 heterocycles. The van der Waals surface area contributed by atoms with Crippen molar-refractivity contribution in [2.24, 2.45) is 0 Å². The molecule has 2 amide bonds. The number of halogens is 1. The molecule has 1 aromatic heterocycles. The summed E-state index contributed by atoms with van der Waals surface area (Å²) in [6.07, 6.45) is 1.79. The monoisotopic (exact) mass is 351 g/mol. The molecule has 5 heteroatoms. The Labute approximate surface area is 151 Å². The van der Waals surface area contributed by atoms with Gasteiger partial charge in [-0.25, -0.2) is 4.79 Å². The van der Waals surface area contributed by atoms with Gasteiger partial charge < -0.3 is 10.6 Å². The Morgan fingerprint density at radius 2 is 1.84 bits per heavy atom. The highest BCUT2D eigenvalue weighted by atomic mass is 35.5. The van der Waals surface area contributed by atoms with E-state index in [0.29, 0.717) is 11.6 Å². The molecule has 0 aliphatic heterocycles. The van der Waals surface area contributed by atoms with Crippen LogP contribution >= 0.6 is 11.6 Å². The standard InChI is InChI=1S/C20H18ClN3O/c1-14-11-17(9-10-22-14)16-5-7-19(8-6-16)24-20(25)23-13-15-3-2-4-18(21)12-15/h2-12H,13H2,1H3,(H2,23,24,25). The minimum absolute atomic E-state index is 0.257. The second-order valence-corrected chi connectivity index (χ2v) is 6.14. The van der Waals surface area contributed by atoms with Gasteiger partial charge >= 0.3 is 6.03 Å². The van der Waals surface area contributed by atoms with E-state index in [1.54, 1.807) is 12.3 Å². The largest absolute Gasteiger partial charge is 0.334 e. The van der Waals surface area contributed by atoms with Crippen LogP contribution in [0.25, 0.3) is 11.1 Å². The third-order valence-electron chi connectivity index (χ3n) is 3.71. The SMILES string of the molecule is Cc1cc(-c2ccc(NC(=O)NCc3cccc(Cl)c3)cc2)ccn1. The summed E-state index contributed by atoms with van der Waals surface area (Å²) in [7, 11) is 0. The number of rotatable bonds is 4. The van der Waals surface area contributed by atoms with Crippen LogP contribution in [0.5, 0.6) is 0 Å². The number of nitrogens with one attached hydrogen (secondary N) is 2. The Morgan fingerprint density at radius 3 is 2.56 bits per heavy atom. The number of carbonyl (C=O) groups is 1. The van der Waals surface area contributed by atoms with Gasteiger partial charge in [0.15, 0.2) is 0 Å². The Kier molecular flexibility index (Phi) is 5.31. The number of nitrogens with zero attached hydrogens (tertiary/aromatic N) is 1. The van der Waals surface area contributed by atoms with Crippen molar-refractivity contribution >= 4 is 23.3 Å². The van der Waals surface area contributed by atoms with Crippen molar-refractivity contribution in [1.29, 1.82) is 0 Å². The highest BCUT2D eigenvalue weighted by Crippen LogP contribution is 2.21. The molecule has 0 unspecified atom stereocenters. The summed E-state index contributed by atoms with van der Waals surface area (Å²) in [5.41, 5.74) is 4.84. The predicted molar refractivity (Wildman–Crippen MR) is 102 cm³/mol. The van der Waals surface area contributed by atoms with E-state index in [2.05, 4.69) is 15.6 Å². The topological polar surface area (TPSA) is 54.0 Å². The van der Waals surface area contributed by atoms with Crippen molar-refractivity contribution in [3.63, 3.8) is 0 Å². The first-order valence-corrected chi connectivity index (χ1v) is 8.30. The molecule has 0 spiro atoms. The Bertz CT molecular complexity index is 878. The number of pyridine rings is 1. The lowest BCUT2D eigenvalue weighted by Gasteiger charge is -2.09. The van der Waals surface area contributed by atoms with Crippen molar-refractivity contribution in [2.45, 2.75) is 13.5 Å². The second-order valence-electron chi connectivity index (χ2n) is 5.70. The van der Waals surface area contributed by atoms with Crippen LogP contribution in [0.4, 0.5) is 10.5 Å². The summed E-state index contributed by atoms with van der Waals surface area (Å²) in [5, 5.41) is 6.29. The Hall–Kier alpha value is -2.85. The molecule has 4 nitrogen and oxygen atoms in total. The lowest BCUT2D eigenvalue weighted by atomic mass is 10.1. The first-order valence-electron chi connectivity index (χ1n) is 7.92. The van der Waals surface area contributed by atoms with Gasteiger partial charge in [0.05, 0.1) is 0 Å². The first-order chi connectivity index (χ1) is 12.1. The zero-order valence-electron chi connectivity index (χ0n) is 13.8. The van der Waals surface area contributed by atoms with E-state index in [-0.39, 0.29) is 6.03 Å². The van der Waals surface area contributed by atoms with Gasteiger partial charge in [-0.05, 0) is 60.0 Å². The number of aromatic nitrogens is 1. The first kappa shape index (κ1) is 17.0.